The molecule has 0 aromatic carbocycles. The fraction of sp³-hybridized carbons (Fsp3) is 0.500. The van der Waals surface area contributed by atoms with Crippen molar-refractivity contribution in [2.24, 2.45) is 0 Å². The second-order valence-electron chi connectivity index (χ2n) is 2.44. The van der Waals surface area contributed by atoms with Crippen molar-refractivity contribution in [3.8, 4) is 0 Å². The van der Waals surface area contributed by atoms with Crippen LogP contribution >= 0.6 is 11.6 Å². The summed E-state index contributed by atoms with van der Waals surface area (Å²) in [5, 5.41) is 0.836. The molecule has 0 aliphatic heterocycles. The fourth-order valence-corrected chi connectivity index (χ4v) is 1.14. The molecule has 0 unspecified atom stereocenters. The van der Waals surface area contributed by atoms with Gasteiger partial charge in [-0.05, 0) is 19.4 Å². The molecule has 0 aromatic heterocycles. The molecule has 0 aromatic rings. The molecular weight excluding hydrogens is 148 g/mol. The Kier molecular flexibility index (Phi) is 2.39. The molecule has 0 heterocycles. The van der Waals surface area contributed by atoms with Crippen LogP contribution in [0.1, 0.15) is 19.8 Å². The SMILES string of the molecule is COC1=CC(Cl)=C(C)CC1. The van der Waals surface area contributed by atoms with Crippen LogP contribution in [0, 0.1) is 0 Å². The number of allylic oxidation sites excluding steroid dienone is 4. The van der Waals surface area contributed by atoms with Gasteiger partial charge in [0, 0.05) is 11.5 Å². The Balaban J connectivity index is 2.76. The van der Waals surface area contributed by atoms with E-state index >= 15 is 0 Å². The van der Waals surface area contributed by atoms with Crippen molar-refractivity contribution in [1.82, 2.24) is 0 Å². The van der Waals surface area contributed by atoms with E-state index < -0.39 is 0 Å². The molecule has 2 heteroatoms. The lowest BCUT2D eigenvalue weighted by atomic mass is 10.1. The molecule has 0 spiro atoms. The Labute approximate surface area is 66.3 Å². The summed E-state index contributed by atoms with van der Waals surface area (Å²) < 4.78 is 5.05. The maximum Gasteiger partial charge on any atom is 0.0973 e. The molecule has 0 atom stereocenters. The highest BCUT2D eigenvalue weighted by atomic mass is 35.5. The molecular formula is C8H11ClO. The van der Waals surface area contributed by atoms with E-state index in [1.165, 1.54) is 5.57 Å². The van der Waals surface area contributed by atoms with E-state index in [1.54, 1.807) is 7.11 Å². The van der Waals surface area contributed by atoms with Gasteiger partial charge in [-0.15, -0.1) is 0 Å². The summed E-state index contributed by atoms with van der Waals surface area (Å²) in [6, 6.07) is 0. The third kappa shape index (κ3) is 1.54. The Bertz CT molecular complexity index is 191. The summed E-state index contributed by atoms with van der Waals surface area (Å²) in [5.74, 6) is 0.982. The summed E-state index contributed by atoms with van der Waals surface area (Å²) >= 11 is 5.86. The molecule has 1 rings (SSSR count). The van der Waals surface area contributed by atoms with Gasteiger partial charge < -0.3 is 4.74 Å². The maximum atomic E-state index is 5.86. The Hall–Kier alpha value is -0.430. The van der Waals surface area contributed by atoms with Gasteiger partial charge in [0.1, 0.15) is 0 Å². The summed E-state index contributed by atoms with van der Waals surface area (Å²) in [6.45, 7) is 2.05. The van der Waals surface area contributed by atoms with Gasteiger partial charge in [-0.1, -0.05) is 17.2 Å². The second kappa shape index (κ2) is 3.11. The molecule has 0 saturated carbocycles. The molecule has 56 valence electrons. The quantitative estimate of drug-likeness (QED) is 0.570. The standard InChI is InChI=1S/C8H11ClO/c1-6-3-4-7(10-2)5-8(6)9/h5H,3-4H2,1-2H3. The summed E-state index contributed by atoms with van der Waals surface area (Å²) in [7, 11) is 1.68. The third-order valence-corrected chi connectivity index (χ3v) is 2.14. The summed E-state index contributed by atoms with van der Waals surface area (Å²) in [4.78, 5) is 0. The van der Waals surface area contributed by atoms with Crippen LogP contribution in [0.25, 0.3) is 0 Å². The topological polar surface area (TPSA) is 9.23 Å². The molecule has 0 N–H and O–H groups in total. The van der Waals surface area contributed by atoms with Gasteiger partial charge in [-0.2, -0.15) is 0 Å². The van der Waals surface area contributed by atoms with Crippen molar-refractivity contribution in [3.05, 3.63) is 22.4 Å². The third-order valence-electron chi connectivity index (χ3n) is 1.70. The lowest BCUT2D eigenvalue weighted by Crippen LogP contribution is -1.95. The van der Waals surface area contributed by atoms with Gasteiger partial charge in [0.2, 0.25) is 0 Å². The molecule has 1 aliphatic rings. The number of methoxy groups -OCH3 is 1. The average Bonchev–Trinajstić information content (AvgIpc) is 1.95. The van der Waals surface area contributed by atoms with Crippen molar-refractivity contribution in [2.75, 3.05) is 7.11 Å². The zero-order valence-corrected chi connectivity index (χ0v) is 7.03. The maximum absolute atomic E-state index is 5.86. The summed E-state index contributed by atoms with van der Waals surface area (Å²) in [5.41, 5.74) is 1.25. The number of hydrogen-bond donors (Lipinski definition) is 0. The van der Waals surface area contributed by atoms with Crippen LogP contribution < -0.4 is 0 Å². The smallest absolute Gasteiger partial charge is 0.0973 e. The number of hydrogen-bond acceptors (Lipinski definition) is 1. The Morgan fingerprint density at radius 2 is 2.20 bits per heavy atom. The van der Waals surface area contributed by atoms with Gasteiger partial charge in [0.25, 0.3) is 0 Å². The first kappa shape index (κ1) is 7.67. The van der Waals surface area contributed by atoms with Crippen LogP contribution in [-0.4, -0.2) is 7.11 Å². The van der Waals surface area contributed by atoms with Gasteiger partial charge in [-0.3, -0.25) is 0 Å². The van der Waals surface area contributed by atoms with Crippen LogP contribution in [-0.2, 0) is 4.74 Å². The first-order valence-electron chi connectivity index (χ1n) is 3.34. The van der Waals surface area contributed by atoms with Crippen LogP contribution in [0.4, 0.5) is 0 Å². The minimum Gasteiger partial charge on any atom is -0.501 e. The highest BCUT2D eigenvalue weighted by molar-refractivity contribution is 6.31. The van der Waals surface area contributed by atoms with Crippen LogP contribution in [0.5, 0.6) is 0 Å². The zero-order valence-electron chi connectivity index (χ0n) is 6.28. The minimum atomic E-state index is 0.836. The van der Waals surface area contributed by atoms with Crippen molar-refractivity contribution in [3.63, 3.8) is 0 Å². The van der Waals surface area contributed by atoms with Crippen LogP contribution in [0.15, 0.2) is 22.4 Å². The van der Waals surface area contributed by atoms with Crippen LogP contribution in [0.2, 0.25) is 0 Å². The van der Waals surface area contributed by atoms with Crippen LogP contribution in [0.3, 0.4) is 0 Å². The fourth-order valence-electron chi connectivity index (χ4n) is 0.928. The lowest BCUT2D eigenvalue weighted by molar-refractivity contribution is 0.275. The summed E-state index contributed by atoms with van der Waals surface area (Å²) in [6.07, 6.45) is 3.90. The van der Waals surface area contributed by atoms with Gasteiger partial charge in [0.05, 0.1) is 12.9 Å². The molecule has 0 radical (unpaired) electrons. The van der Waals surface area contributed by atoms with Gasteiger partial charge in [-0.25, -0.2) is 0 Å². The number of ether oxygens (including phenoxy) is 1. The number of rotatable bonds is 1. The Morgan fingerprint density at radius 3 is 2.70 bits per heavy atom. The Morgan fingerprint density at radius 1 is 1.50 bits per heavy atom. The first-order valence-corrected chi connectivity index (χ1v) is 3.71. The van der Waals surface area contributed by atoms with Crippen molar-refractivity contribution in [1.29, 1.82) is 0 Å². The predicted octanol–water partition coefficient (Wildman–Crippen LogP) is 2.82. The van der Waals surface area contributed by atoms with E-state index in [0.29, 0.717) is 0 Å². The van der Waals surface area contributed by atoms with Crippen molar-refractivity contribution < 1.29 is 4.74 Å². The predicted molar refractivity (Wildman–Crippen MR) is 42.9 cm³/mol. The lowest BCUT2D eigenvalue weighted by Gasteiger charge is -2.12. The molecule has 1 nitrogen and oxygen atoms in total. The molecule has 1 aliphatic carbocycles. The van der Waals surface area contributed by atoms with Gasteiger partial charge in [0.15, 0.2) is 0 Å². The molecule has 0 amide bonds. The van der Waals surface area contributed by atoms with E-state index in [0.717, 1.165) is 23.6 Å². The van der Waals surface area contributed by atoms with Crippen molar-refractivity contribution in [2.45, 2.75) is 19.8 Å². The minimum absolute atomic E-state index is 0.836. The highest BCUT2D eigenvalue weighted by Gasteiger charge is 2.07. The van der Waals surface area contributed by atoms with E-state index in [1.807, 2.05) is 13.0 Å². The first-order chi connectivity index (χ1) is 4.74. The zero-order chi connectivity index (χ0) is 7.56. The van der Waals surface area contributed by atoms with E-state index in [2.05, 4.69) is 0 Å². The molecule has 0 fully saturated rings. The monoisotopic (exact) mass is 158 g/mol. The van der Waals surface area contributed by atoms with E-state index in [4.69, 9.17) is 16.3 Å². The van der Waals surface area contributed by atoms with E-state index in [9.17, 15) is 0 Å². The average molecular weight is 159 g/mol. The highest BCUT2D eigenvalue weighted by Crippen LogP contribution is 2.25. The normalized spacial score (nSPS) is 18.9. The van der Waals surface area contributed by atoms with E-state index in [-0.39, 0.29) is 0 Å². The largest absolute Gasteiger partial charge is 0.501 e. The molecule has 0 bridgehead atoms. The van der Waals surface area contributed by atoms with Crippen molar-refractivity contribution >= 4 is 11.6 Å². The number of halogens is 1. The molecule has 0 saturated heterocycles. The second-order valence-corrected chi connectivity index (χ2v) is 2.85. The molecule has 10 heavy (non-hydrogen) atoms. The van der Waals surface area contributed by atoms with Gasteiger partial charge >= 0.3 is 0 Å².